The van der Waals surface area contributed by atoms with E-state index in [0.29, 0.717) is 11.8 Å². The van der Waals surface area contributed by atoms with Crippen LogP contribution in [0, 0.1) is 11.8 Å². The van der Waals surface area contributed by atoms with E-state index in [4.69, 9.17) is 4.42 Å². The van der Waals surface area contributed by atoms with Gasteiger partial charge in [0.25, 0.3) is 0 Å². The second-order valence-electron chi connectivity index (χ2n) is 8.44. The second-order valence-corrected chi connectivity index (χ2v) is 8.44. The van der Waals surface area contributed by atoms with Crippen molar-refractivity contribution in [2.75, 3.05) is 6.54 Å². The zero-order valence-electron chi connectivity index (χ0n) is 16.3. The average Bonchev–Trinajstić information content (AvgIpc) is 3.40. The second kappa shape index (κ2) is 6.77. The van der Waals surface area contributed by atoms with Crippen LogP contribution < -0.4 is 5.32 Å². The van der Waals surface area contributed by atoms with E-state index in [0.717, 1.165) is 43.3 Å². The fourth-order valence-corrected chi connectivity index (χ4v) is 5.96. The van der Waals surface area contributed by atoms with Gasteiger partial charge >= 0.3 is 0 Å². The van der Waals surface area contributed by atoms with Gasteiger partial charge in [0.1, 0.15) is 5.52 Å². The molecule has 1 amide bonds. The molecule has 144 valence electrons. The summed E-state index contributed by atoms with van der Waals surface area (Å²) in [7, 11) is 0. The number of carbonyl (C=O) groups is 1. The fraction of sp³-hybridized carbons (Fsp3) is 0.417. The van der Waals surface area contributed by atoms with Crippen LogP contribution in [0.3, 0.4) is 0 Å². The number of rotatable bonds is 4. The zero-order valence-corrected chi connectivity index (χ0v) is 16.3. The third-order valence-electron chi connectivity index (χ3n) is 7.10. The first-order valence-electron chi connectivity index (χ1n) is 10.3. The molecule has 2 aliphatic rings. The van der Waals surface area contributed by atoms with Crippen LogP contribution in [0.2, 0.25) is 0 Å². The highest BCUT2D eigenvalue weighted by atomic mass is 16.3. The number of nitrogens with zero attached hydrogens (tertiary/aromatic N) is 1. The number of aryl methyl sites for hydroxylation is 1. The normalized spacial score (nSPS) is 26.0. The molecule has 1 heterocycles. The Kier molecular flexibility index (Phi) is 4.22. The topological polar surface area (TPSA) is 55.1 Å². The molecule has 5 rings (SSSR count). The van der Waals surface area contributed by atoms with Crippen molar-refractivity contribution in [3.05, 3.63) is 65.5 Å². The van der Waals surface area contributed by atoms with Crippen molar-refractivity contribution in [3.8, 4) is 0 Å². The number of oxazole rings is 1. The molecule has 1 spiro atoms. The van der Waals surface area contributed by atoms with E-state index in [1.165, 1.54) is 23.1 Å². The van der Waals surface area contributed by atoms with Crippen LogP contribution in [0.1, 0.15) is 42.9 Å². The minimum Gasteiger partial charge on any atom is -0.443 e. The monoisotopic (exact) mass is 374 g/mol. The van der Waals surface area contributed by atoms with E-state index in [1.54, 1.807) is 13.3 Å². The third-order valence-corrected chi connectivity index (χ3v) is 7.10. The molecule has 3 unspecified atom stereocenters. The summed E-state index contributed by atoms with van der Waals surface area (Å²) in [5.41, 5.74) is 6.12. The van der Waals surface area contributed by atoms with Crippen molar-refractivity contribution >= 4 is 17.0 Å². The quantitative estimate of drug-likeness (QED) is 0.736. The first-order chi connectivity index (χ1) is 13.7. The molecule has 0 bridgehead atoms. The van der Waals surface area contributed by atoms with Crippen molar-refractivity contribution in [2.24, 2.45) is 11.8 Å². The number of nitrogens with one attached hydrogen (secondary N) is 1. The van der Waals surface area contributed by atoms with Gasteiger partial charge in [-0.1, -0.05) is 36.4 Å². The van der Waals surface area contributed by atoms with Gasteiger partial charge in [-0.3, -0.25) is 4.79 Å². The van der Waals surface area contributed by atoms with Gasteiger partial charge in [0.15, 0.2) is 12.0 Å². The Balaban J connectivity index is 1.61. The van der Waals surface area contributed by atoms with Crippen LogP contribution in [0.4, 0.5) is 0 Å². The largest absolute Gasteiger partial charge is 0.443 e. The lowest BCUT2D eigenvalue weighted by Crippen LogP contribution is -2.41. The molecule has 4 heteroatoms. The van der Waals surface area contributed by atoms with Crippen LogP contribution in [0.15, 0.2) is 53.3 Å². The average molecular weight is 374 g/mol. The minimum atomic E-state index is 0.0483. The number of amides is 1. The van der Waals surface area contributed by atoms with Crippen LogP contribution in [0.25, 0.3) is 11.1 Å². The van der Waals surface area contributed by atoms with Crippen LogP contribution in [0.5, 0.6) is 0 Å². The lowest BCUT2D eigenvalue weighted by molar-refractivity contribution is -0.119. The first kappa shape index (κ1) is 17.5. The SMILES string of the molecule is CC(=O)NCC1CCC(Cc2ccccc2)C12CCc1ccc3ncoc3c12. The first-order valence-corrected chi connectivity index (χ1v) is 10.3. The minimum absolute atomic E-state index is 0.0483. The van der Waals surface area contributed by atoms with Crippen LogP contribution in [-0.4, -0.2) is 17.4 Å². The molecule has 4 nitrogen and oxygen atoms in total. The number of fused-ring (bicyclic) bond motifs is 4. The molecule has 28 heavy (non-hydrogen) atoms. The molecule has 0 radical (unpaired) electrons. The summed E-state index contributed by atoms with van der Waals surface area (Å²) in [6, 6.07) is 15.1. The summed E-state index contributed by atoms with van der Waals surface area (Å²) in [6.45, 7) is 2.35. The number of hydrogen-bond donors (Lipinski definition) is 1. The Morgan fingerprint density at radius 1 is 1.18 bits per heavy atom. The predicted molar refractivity (Wildman–Crippen MR) is 109 cm³/mol. The van der Waals surface area contributed by atoms with Gasteiger partial charge in [-0.25, -0.2) is 4.98 Å². The number of aromatic nitrogens is 1. The van der Waals surface area contributed by atoms with E-state index >= 15 is 0 Å². The van der Waals surface area contributed by atoms with Crippen molar-refractivity contribution in [1.82, 2.24) is 10.3 Å². The maximum atomic E-state index is 11.7. The van der Waals surface area contributed by atoms with Gasteiger partial charge in [-0.2, -0.15) is 0 Å². The molecular weight excluding hydrogens is 348 g/mol. The molecule has 1 aromatic heterocycles. The number of hydrogen-bond acceptors (Lipinski definition) is 3. The molecular formula is C24H26N2O2. The summed E-state index contributed by atoms with van der Waals surface area (Å²) >= 11 is 0. The molecule has 1 N–H and O–H groups in total. The summed E-state index contributed by atoms with van der Waals surface area (Å²) in [4.78, 5) is 16.1. The zero-order chi connectivity index (χ0) is 19.1. The van der Waals surface area contributed by atoms with Gasteiger partial charge in [-0.15, -0.1) is 0 Å². The van der Waals surface area contributed by atoms with Crippen molar-refractivity contribution in [1.29, 1.82) is 0 Å². The number of carbonyl (C=O) groups excluding carboxylic acids is 1. The standard InChI is InChI=1S/C24H26N2O2/c1-16(27)25-14-20-9-8-19(13-17-5-3-2-4-6-17)24(20)12-11-18-7-10-21-23(22(18)24)28-15-26-21/h2-7,10,15,19-20H,8-9,11-14H2,1H3,(H,25,27). The van der Waals surface area contributed by atoms with Crippen LogP contribution in [-0.2, 0) is 23.1 Å². The van der Waals surface area contributed by atoms with Crippen molar-refractivity contribution in [3.63, 3.8) is 0 Å². The Morgan fingerprint density at radius 3 is 2.82 bits per heavy atom. The third kappa shape index (κ3) is 2.66. The predicted octanol–water partition coefficient (Wildman–Crippen LogP) is 4.42. The van der Waals surface area contributed by atoms with Gasteiger partial charge in [-0.05, 0) is 61.1 Å². The van der Waals surface area contributed by atoms with E-state index in [1.807, 2.05) is 0 Å². The molecule has 2 aliphatic carbocycles. The van der Waals surface area contributed by atoms with Crippen LogP contribution >= 0.6 is 0 Å². The summed E-state index contributed by atoms with van der Waals surface area (Å²) in [5, 5.41) is 3.11. The van der Waals surface area contributed by atoms with Gasteiger partial charge in [0.05, 0.1) is 0 Å². The highest BCUT2D eigenvalue weighted by molar-refractivity contribution is 5.80. The summed E-state index contributed by atoms with van der Waals surface area (Å²) in [5.74, 6) is 1.03. The lowest BCUT2D eigenvalue weighted by atomic mass is 9.66. The molecule has 3 atom stereocenters. The summed E-state index contributed by atoms with van der Waals surface area (Å²) in [6.07, 6.45) is 7.17. The molecule has 0 saturated heterocycles. The molecule has 1 fully saturated rings. The van der Waals surface area contributed by atoms with E-state index < -0.39 is 0 Å². The fourth-order valence-electron chi connectivity index (χ4n) is 5.96. The Labute approximate surface area is 165 Å². The Morgan fingerprint density at radius 2 is 2.00 bits per heavy atom. The molecule has 0 aliphatic heterocycles. The van der Waals surface area contributed by atoms with Gasteiger partial charge in [0, 0.05) is 24.4 Å². The highest BCUT2D eigenvalue weighted by Gasteiger charge is 2.55. The lowest BCUT2D eigenvalue weighted by Gasteiger charge is -2.38. The molecule has 3 aromatic rings. The van der Waals surface area contributed by atoms with Crippen molar-refractivity contribution < 1.29 is 9.21 Å². The van der Waals surface area contributed by atoms with Gasteiger partial charge in [0.2, 0.25) is 5.91 Å². The van der Waals surface area contributed by atoms with Crippen molar-refractivity contribution in [2.45, 2.75) is 44.4 Å². The van der Waals surface area contributed by atoms with Gasteiger partial charge < -0.3 is 9.73 Å². The van der Waals surface area contributed by atoms with E-state index in [-0.39, 0.29) is 11.3 Å². The Hall–Kier alpha value is -2.62. The number of benzene rings is 2. The van der Waals surface area contributed by atoms with E-state index in [9.17, 15) is 4.79 Å². The highest BCUT2D eigenvalue weighted by Crippen LogP contribution is 2.59. The Bertz CT molecular complexity index is 1010. The smallest absolute Gasteiger partial charge is 0.216 e. The summed E-state index contributed by atoms with van der Waals surface area (Å²) < 4.78 is 5.92. The maximum Gasteiger partial charge on any atom is 0.216 e. The van der Waals surface area contributed by atoms with E-state index in [2.05, 4.69) is 52.8 Å². The maximum absolute atomic E-state index is 11.7. The molecule has 2 aromatic carbocycles. The molecule has 1 saturated carbocycles.